The molecular weight excluding hydrogens is 360 g/mol. The summed E-state index contributed by atoms with van der Waals surface area (Å²) in [6.07, 6.45) is 5.17. The first kappa shape index (κ1) is 20.4. The van der Waals surface area contributed by atoms with Crippen LogP contribution in [0.2, 0.25) is 0 Å². The third-order valence-electron chi connectivity index (χ3n) is 5.73. The van der Waals surface area contributed by atoms with Crippen LogP contribution in [0, 0.1) is 16.0 Å². The average Bonchev–Trinajstić information content (AvgIpc) is 2.72. The molecule has 2 fully saturated rings. The lowest BCUT2D eigenvalue weighted by Crippen LogP contribution is -2.52. The van der Waals surface area contributed by atoms with Gasteiger partial charge in [-0.1, -0.05) is 31.9 Å². The zero-order chi connectivity index (χ0) is 19.9. The molecule has 28 heavy (non-hydrogen) atoms. The van der Waals surface area contributed by atoms with E-state index in [1.54, 1.807) is 23.1 Å². The van der Waals surface area contributed by atoms with Crippen LogP contribution in [0.1, 0.15) is 32.6 Å². The number of carbonyl (C=O) groups excluding carboxylic acids is 1. The van der Waals surface area contributed by atoms with Crippen molar-refractivity contribution in [1.82, 2.24) is 10.2 Å². The Morgan fingerprint density at radius 1 is 1.21 bits per heavy atom. The van der Waals surface area contributed by atoms with E-state index in [2.05, 4.69) is 12.2 Å². The van der Waals surface area contributed by atoms with Gasteiger partial charge in [0.15, 0.2) is 0 Å². The van der Waals surface area contributed by atoms with Crippen molar-refractivity contribution in [1.29, 1.82) is 0 Å². The van der Waals surface area contributed by atoms with E-state index >= 15 is 0 Å². The number of amides is 2. The van der Waals surface area contributed by atoms with E-state index in [0.717, 1.165) is 6.42 Å². The van der Waals surface area contributed by atoms with Crippen molar-refractivity contribution >= 4 is 17.4 Å². The number of carbonyl (C=O) groups is 1. The Bertz CT molecular complexity index is 676. The van der Waals surface area contributed by atoms with Crippen LogP contribution >= 0.6 is 0 Å². The second kappa shape index (κ2) is 9.73. The maximum Gasteiger partial charge on any atom is 0.317 e. The SMILES string of the molecule is CC1CCCCC1OCCNC(=O)N1CCN(c2ccccc2[N+](=O)[O-])CC1. The molecule has 1 aromatic rings. The van der Waals surface area contributed by atoms with Crippen LogP contribution in [-0.2, 0) is 4.74 Å². The number of urea groups is 1. The molecule has 1 saturated carbocycles. The number of rotatable bonds is 6. The van der Waals surface area contributed by atoms with E-state index in [1.165, 1.54) is 25.3 Å². The minimum Gasteiger partial charge on any atom is -0.376 e. The van der Waals surface area contributed by atoms with Crippen LogP contribution in [0.4, 0.5) is 16.2 Å². The van der Waals surface area contributed by atoms with Crippen molar-refractivity contribution < 1.29 is 14.5 Å². The summed E-state index contributed by atoms with van der Waals surface area (Å²) in [7, 11) is 0. The van der Waals surface area contributed by atoms with E-state index in [0.29, 0.717) is 57.0 Å². The molecule has 0 spiro atoms. The van der Waals surface area contributed by atoms with Gasteiger partial charge in [0.25, 0.3) is 5.69 Å². The van der Waals surface area contributed by atoms with Gasteiger partial charge in [0.05, 0.1) is 17.6 Å². The summed E-state index contributed by atoms with van der Waals surface area (Å²) < 4.78 is 5.94. The Kier molecular flexibility index (Phi) is 7.08. The highest BCUT2D eigenvalue weighted by Crippen LogP contribution is 2.28. The zero-order valence-electron chi connectivity index (χ0n) is 16.5. The minimum atomic E-state index is -0.360. The predicted octanol–water partition coefficient (Wildman–Crippen LogP) is 3.02. The first-order valence-electron chi connectivity index (χ1n) is 10.2. The number of nitrogens with zero attached hydrogens (tertiary/aromatic N) is 3. The maximum absolute atomic E-state index is 12.4. The van der Waals surface area contributed by atoms with Gasteiger partial charge in [0, 0.05) is 38.8 Å². The van der Waals surface area contributed by atoms with Crippen molar-refractivity contribution in [3.63, 3.8) is 0 Å². The number of nitro benzene ring substituents is 1. The molecule has 8 heteroatoms. The first-order valence-corrected chi connectivity index (χ1v) is 10.2. The van der Waals surface area contributed by atoms with Gasteiger partial charge >= 0.3 is 6.03 Å². The lowest BCUT2D eigenvalue weighted by atomic mass is 9.88. The third-order valence-corrected chi connectivity index (χ3v) is 5.73. The Labute approximate surface area is 166 Å². The lowest BCUT2D eigenvalue weighted by molar-refractivity contribution is -0.384. The number of hydrogen-bond acceptors (Lipinski definition) is 5. The van der Waals surface area contributed by atoms with Crippen LogP contribution < -0.4 is 10.2 Å². The molecule has 2 atom stereocenters. The molecule has 1 heterocycles. The molecule has 0 bridgehead atoms. The summed E-state index contributed by atoms with van der Waals surface area (Å²) in [5.74, 6) is 0.597. The molecule has 1 aliphatic carbocycles. The van der Waals surface area contributed by atoms with Crippen LogP contribution in [0.25, 0.3) is 0 Å². The fraction of sp³-hybridized carbons (Fsp3) is 0.650. The summed E-state index contributed by atoms with van der Waals surface area (Å²) in [6.45, 7) is 5.52. The van der Waals surface area contributed by atoms with Gasteiger partial charge in [0.1, 0.15) is 5.69 Å². The number of hydrogen-bond donors (Lipinski definition) is 1. The number of ether oxygens (including phenoxy) is 1. The van der Waals surface area contributed by atoms with E-state index in [9.17, 15) is 14.9 Å². The minimum absolute atomic E-state index is 0.0949. The first-order chi connectivity index (χ1) is 13.6. The van der Waals surface area contributed by atoms with Gasteiger partial charge < -0.3 is 19.9 Å². The molecule has 2 aliphatic rings. The molecular formula is C20H30N4O4. The summed E-state index contributed by atoms with van der Waals surface area (Å²) in [6, 6.07) is 6.65. The van der Waals surface area contributed by atoms with Gasteiger partial charge in [-0.05, 0) is 24.8 Å². The summed E-state index contributed by atoms with van der Waals surface area (Å²) in [5, 5.41) is 14.1. The van der Waals surface area contributed by atoms with Crippen LogP contribution in [-0.4, -0.2) is 61.3 Å². The molecule has 1 aliphatic heterocycles. The number of para-hydroxylation sites is 2. The third kappa shape index (κ3) is 5.13. The summed E-state index contributed by atoms with van der Waals surface area (Å²) in [5.41, 5.74) is 0.719. The average molecular weight is 390 g/mol. The number of piperazine rings is 1. The highest BCUT2D eigenvalue weighted by molar-refractivity contribution is 5.74. The quantitative estimate of drug-likeness (QED) is 0.458. The standard InChI is InChI=1S/C20H30N4O4/c1-16-6-2-5-9-19(16)28-15-10-21-20(25)23-13-11-22(12-14-23)17-7-3-4-8-18(17)24(26)27/h3-4,7-8,16,19H,2,5-6,9-15H2,1H3,(H,21,25). The number of nitro groups is 1. The fourth-order valence-corrected chi connectivity index (χ4v) is 4.05. The second-order valence-electron chi connectivity index (χ2n) is 7.62. The number of anilines is 1. The van der Waals surface area contributed by atoms with Crippen molar-refractivity contribution in [2.75, 3.05) is 44.2 Å². The normalized spacial score (nSPS) is 22.8. The Balaban J connectivity index is 1.40. The van der Waals surface area contributed by atoms with E-state index < -0.39 is 0 Å². The molecule has 8 nitrogen and oxygen atoms in total. The molecule has 1 aromatic carbocycles. The highest BCUT2D eigenvalue weighted by atomic mass is 16.6. The topological polar surface area (TPSA) is 88.0 Å². The van der Waals surface area contributed by atoms with Gasteiger partial charge in [0.2, 0.25) is 0 Å². The predicted molar refractivity (Wildman–Crippen MR) is 108 cm³/mol. The number of nitrogens with one attached hydrogen (secondary N) is 1. The van der Waals surface area contributed by atoms with Crippen molar-refractivity contribution in [3.05, 3.63) is 34.4 Å². The monoisotopic (exact) mass is 390 g/mol. The largest absolute Gasteiger partial charge is 0.376 e. The molecule has 1 N–H and O–H groups in total. The molecule has 0 aromatic heterocycles. The summed E-state index contributed by atoms with van der Waals surface area (Å²) in [4.78, 5) is 26.9. The van der Waals surface area contributed by atoms with Gasteiger partial charge in [-0.2, -0.15) is 0 Å². The van der Waals surface area contributed by atoms with E-state index in [1.807, 2.05) is 4.90 Å². The molecule has 0 radical (unpaired) electrons. The van der Waals surface area contributed by atoms with Crippen LogP contribution in [0.15, 0.2) is 24.3 Å². The summed E-state index contributed by atoms with van der Waals surface area (Å²) >= 11 is 0. The number of benzene rings is 1. The molecule has 2 unspecified atom stereocenters. The van der Waals surface area contributed by atoms with Gasteiger partial charge in [-0.15, -0.1) is 0 Å². The smallest absolute Gasteiger partial charge is 0.317 e. The highest BCUT2D eigenvalue weighted by Gasteiger charge is 2.25. The van der Waals surface area contributed by atoms with Crippen molar-refractivity contribution in [3.8, 4) is 0 Å². The van der Waals surface area contributed by atoms with Crippen LogP contribution in [0.3, 0.4) is 0 Å². The van der Waals surface area contributed by atoms with Crippen molar-refractivity contribution in [2.45, 2.75) is 38.7 Å². The fourth-order valence-electron chi connectivity index (χ4n) is 4.05. The van der Waals surface area contributed by atoms with Crippen LogP contribution in [0.5, 0.6) is 0 Å². The Morgan fingerprint density at radius 2 is 1.93 bits per heavy atom. The molecule has 3 rings (SSSR count). The molecule has 154 valence electrons. The van der Waals surface area contributed by atoms with E-state index in [4.69, 9.17) is 4.74 Å². The molecule has 1 saturated heterocycles. The Morgan fingerprint density at radius 3 is 2.64 bits per heavy atom. The van der Waals surface area contributed by atoms with Gasteiger partial charge in [-0.3, -0.25) is 10.1 Å². The lowest BCUT2D eigenvalue weighted by Gasteiger charge is -2.35. The van der Waals surface area contributed by atoms with Crippen molar-refractivity contribution in [2.24, 2.45) is 5.92 Å². The van der Waals surface area contributed by atoms with Gasteiger partial charge in [-0.25, -0.2) is 4.79 Å². The Hall–Kier alpha value is -2.35. The molecule has 2 amide bonds. The van der Waals surface area contributed by atoms with E-state index in [-0.39, 0.29) is 16.6 Å². The maximum atomic E-state index is 12.4. The zero-order valence-corrected chi connectivity index (χ0v) is 16.5. The second-order valence-corrected chi connectivity index (χ2v) is 7.62.